The molecule has 5 heteroatoms. The first-order valence-electron chi connectivity index (χ1n) is 6.14. The van der Waals surface area contributed by atoms with E-state index in [-0.39, 0.29) is 12.4 Å². The molecule has 2 rings (SSSR count). The Morgan fingerprint density at radius 2 is 2.22 bits per heavy atom. The van der Waals surface area contributed by atoms with Crippen LogP contribution in [0.1, 0.15) is 24.0 Å². The molecule has 1 aromatic rings. The Hall–Kier alpha value is -1.75. The molecule has 0 atom stereocenters. The molecule has 0 unspecified atom stereocenters. The molecule has 98 valence electrons. The van der Waals surface area contributed by atoms with Crippen molar-refractivity contribution in [2.45, 2.75) is 25.8 Å². The van der Waals surface area contributed by atoms with Gasteiger partial charge >= 0.3 is 0 Å². The van der Waals surface area contributed by atoms with E-state index in [2.05, 4.69) is 10.1 Å². The first-order valence-corrected chi connectivity index (χ1v) is 6.14. The molecule has 1 aliphatic rings. The fourth-order valence-electron chi connectivity index (χ4n) is 2.27. The summed E-state index contributed by atoms with van der Waals surface area (Å²) in [6.07, 6.45) is 2.26. The number of aliphatic hydroxyl groups excluding tert-OH is 1. The van der Waals surface area contributed by atoms with Crippen LogP contribution in [0.5, 0.6) is 0 Å². The first-order chi connectivity index (χ1) is 8.69. The third-order valence-electron chi connectivity index (χ3n) is 3.24. The van der Waals surface area contributed by atoms with Crippen LogP contribution in [-0.2, 0) is 0 Å². The summed E-state index contributed by atoms with van der Waals surface area (Å²) in [5.74, 6) is 0.109. The fraction of sp³-hybridized carbons (Fsp3) is 0.462. The molecule has 0 radical (unpaired) electrons. The van der Waals surface area contributed by atoms with Crippen LogP contribution in [0.15, 0.2) is 23.4 Å². The maximum absolute atomic E-state index is 9.20. The van der Waals surface area contributed by atoms with Gasteiger partial charge in [-0.2, -0.15) is 0 Å². The number of aliphatic hydroxyl groups is 1. The maximum Gasteiger partial charge on any atom is 0.172 e. The van der Waals surface area contributed by atoms with Gasteiger partial charge < -0.3 is 20.9 Å². The number of para-hydroxylation sites is 1. The second kappa shape index (κ2) is 5.27. The van der Waals surface area contributed by atoms with Crippen molar-refractivity contribution in [2.24, 2.45) is 10.9 Å². The van der Waals surface area contributed by atoms with Gasteiger partial charge in [0.1, 0.15) is 0 Å². The molecule has 1 saturated carbocycles. The van der Waals surface area contributed by atoms with Gasteiger partial charge in [-0.25, -0.2) is 0 Å². The molecule has 1 aromatic carbocycles. The fourth-order valence-corrected chi connectivity index (χ4v) is 2.27. The first kappa shape index (κ1) is 12.7. The van der Waals surface area contributed by atoms with Crippen molar-refractivity contribution in [3.8, 4) is 0 Å². The Bertz CT molecular complexity index is 456. The minimum atomic E-state index is 0.0977. The van der Waals surface area contributed by atoms with Gasteiger partial charge in [-0.1, -0.05) is 17.3 Å². The minimum absolute atomic E-state index is 0.0977. The van der Waals surface area contributed by atoms with Crippen LogP contribution in [0, 0.1) is 6.92 Å². The number of amidine groups is 1. The van der Waals surface area contributed by atoms with Crippen molar-refractivity contribution in [1.29, 1.82) is 0 Å². The number of nitrogens with zero attached hydrogens (tertiary/aromatic N) is 2. The van der Waals surface area contributed by atoms with E-state index in [1.165, 1.54) is 0 Å². The van der Waals surface area contributed by atoms with E-state index in [9.17, 15) is 5.11 Å². The molecule has 0 amide bonds. The van der Waals surface area contributed by atoms with Crippen LogP contribution in [-0.4, -0.2) is 35.3 Å². The molecular weight excluding hydrogens is 230 g/mol. The molecule has 1 aliphatic carbocycles. The summed E-state index contributed by atoms with van der Waals surface area (Å²) in [6, 6.07) is 6.18. The van der Waals surface area contributed by atoms with Gasteiger partial charge in [0.2, 0.25) is 0 Å². The third-order valence-corrected chi connectivity index (χ3v) is 3.24. The molecule has 0 aromatic heterocycles. The molecule has 0 bridgehead atoms. The molecule has 0 saturated heterocycles. The highest BCUT2D eigenvalue weighted by molar-refractivity contribution is 6.03. The Kier molecular flexibility index (Phi) is 3.72. The van der Waals surface area contributed by atoms with E-state index in [0.717, 1.165) is 29.7 Å². The van der Waals surface area contributed by atoms with Gasteiger partial charge in [0.25, 0.3) is 0 Å². The number of hydrogen-bond acceptors (Lipinski definition) is 4. The monoisotopic (exact) mass is 249 g/mol. The number of aryl methyl sites for hydroxylation is 1. The predicted molar refractivity (Wildman–Crippen MR) is 71.1 cm³/mol. The van der Waals surface area contributed by atoms with E-state index in [0.29, 0.717) is 12.6 Å². The summed E-state index contributed by atoms with van der Waals surface area (Å²) in [6.45, 7) is 2.66. The van der Waals surface area contributed by atoms with Gasteiger partial charge in [-0.15, -0.1) is 0 Å². The van der Waals surface area contributed by atoms with Gasteiger partial charge in [-0.3, -0.25) is 0 Å². The van der Waals surface area contributed by atoms with Crippen LogP contribution >= 0.6 is 0 Å². The summed E-state index contributed by atoms with van der Waals surface area (Å²) < 4.78 is 0. The Balaban J connectivity index is 2.46. The number of hydrogen-bond donors (Lipinski definition) is 3. The lowest BCUT2D eigenvalue weighted by molar-refractivity contribution is 0.301. The number of anilines is 1. The molecular formula is C13H19N3O2. The lowest BCUT2D eigenvalue weighted by Gasteiger charge is -2.27. The summed E-state index contributed by atoms with van der Waals surface area (Å²) in [4.78, 5) is 2.16. The summed E-state index contributed by atoms with van der Waals surface area (Å²) in [5, 5.41) is 21.2. The molecule has 0 heterocycles. The van der Waals surface area contributed by atoms with Crippen molar-refractivity contribution in [2.75, 3.05) is 18.1 Å². The van der Waals surface area contributed by atoms with Crippen molar-refractivity contribution in [3.05, 3.63) is 29.3 Å². The summed E-state index contributed by atoms with van der Waals surface area (Å²) in [7, 11) is 0. The van der Waals surface area contributed by atoms with E-state index in [1.54, 1.807) is 0 Å². The van der Waals surface area contributed by atoms with Crippen molar-refractivity contribution >= 4 is 11.5 Å². The zero-order valence-electron chi connectivity index (χ0n) is 10.5. The van der Waals surface area contributed by atoms with Gasteiger partial charge in [0.15, 0.2) is 5.84 Å². The zero-order chi connectivity index (χ0) is 13.1. The zero-order valence-corrected chi connectivity index (χ0v) is 10.5. The SMILES string of the molecule is Cc1cccc(/C(N)=N/O)c1N(CCO)C1CC1. The number of rotatable bonds is 5. The average Bonchev–Trinajstić information content (AvgIpc) is 3.19. The molecule has 0 spiro atoms. The van der Waals surface area contributed by atoms with Crippen molar-refractivity contribution in [1.82, 2.24) is 0 Å². The predicted octanol–water partition coefficient (Wildman–Crippen LogP) is 1.05. The summed E-state index contributed by atoms with van der Waals surface area (Å²) in [5.41, 5.74) is 8.48. The third kappa shape index (κ3) is 2.41. The number of oxime groups is 1. The Morgan fingerprint density at radius 1 is 1.50 bits per heavy atom. The molecule has 4 N–H and O–H groups in total. The van der Waals surface area contributed by atoms with E-state index >= 15 is 0 Å². The maximum atomic E-state index is 9.20. The van der Waals surface area contributed by atoms with Crippen LogP contribution in [0.4, 0.5) is 5.69 Å². The molecule has 5 nitrogen and oxygen atoms in total. The highest BCUT2D eigenvalue weighted by Crippen LogP contribution is 2.35. The van der Waals surface area contributed by atoms with Crippen molar-refractivity contribution < 1.29 is 10.3 Å². The molecule has 0 aliphatic heterocycles. The normalized spacial score (nSPS) is 15.8. The van der Waals surface area contributed by atoms with Gasteiger partial charge in [0.05, 0.1) is 12.3 Å². The van der Waals surface area contributed by atoms with Crippen LogP contribution in [0.3, 0.4) is 0 Å². The quantitative estimate of drug-likeness (QED) is 0.315. The second-order valence-corrected chi connectivity index (χ2v) is 4.60. The standard InChI is InChI=1S/C13H19N3O2/c1-9-3-2-4-11(13(14)15-18)12(9)16(7-8-17)10-5-6-10/h2-4,10,17-18H,5-8H2,1H3,(H2,14,15). The van der Waals surface area contributed by atoms with Crippen LogP contribution in [0.25, 0.3) is 0 Å². The van der Waals surface area contributed by atoms with Gasteiger partial charge in [0, 0.05) is 18.2 Å². The topological polar surface area (TPSA) is 82.1 Å². The molecule has 1 fully saturated rings. The number of nitrogens with two attached hydrogens (primary N) is 1. The lowest BCUT2D eigenvalue weighted by atomic mass is 10.1. The Morgan fingerprint density at radius 3 is 2.78 bits per heavy atom. The van der Waals surface area contributed by atoms with Crippen molar-refractivity contribution in [3.63, 3.8) is 0 Å². The lowest BCUT2D eigenvalue weighted by Crippen LogP contribution is -2.32. The highest BCUT2D eigenvalue weighted by Gasteiger charge is 2.31. The second-order valence-electron chi connectivity index (χ2n) is 4.60. The number of benzene rings is 1. The van der Waals surface area contributed by atoms with Crippen LogP contribution < -0.4 is 10.6 Å². The van der Waals surface area contributed by atoms with Crippen LogP contribution in [0.2, 0.25) is 0 Å². The molecule has 18 heavy (non-hydrogen) atoms. The smallest absolute Gasteiger partial charge is 0.172 e. The highest BCUT2D eigenvalue weighted by atomic mass is 16.4. The summed E-state index contributed by atoms with van der Waals surface area (Å²) >= 11 is 0. The largest absolute Gasteiger partial charge is 0.409 e. The van der Waals surface area contributed by atoms with E-state index in [4.69, 9.17) is 10.9 Å². The van der Waals surface area contributed by atoms with E-state index < -0.39 is 0 Å². The minimum Gasteiger partial charge on any atom is -0.409 e. The Labute approximate surface area is 107 Å². The van der Waals surface area contributed by atoms with Gasteiger partial charge in [-0.05, 0) is 31.4 Å². The average molecular weight is 249 g/mol. The van der Waals surface area contributed by atoms with E-state index in [1.807, 2.05) is 25.1 Å².